The summed E-state index contributed by atoms with van der Waals surface area (Å²) in [4.78, 5) is 27.5. The summed E-state index contributed by atoms with van der Waals surface area (Å²) in [6.07, 6.45) is 1.33. The highest BCUT2D eigenvalue weighted by Gasteiger charge is 2.17. The van der Waals surface area contributed by atoms with Crippen LogP contribution in [0.1, 0.15) is 39.4 Å². The van der Waals surface area contributed by atoms with E-state index in [1.165, 1.54) is 0 Å². The summed E-state index contributed by atoms with van der Waals surface area (Å²) in [7, 11) is 1.87. The minimum absolute atomic E-state index is 0.150. The number of nitrogens with one attached hydrogen (secondary N) is 3. The average molecular weight is 524 g/mol. The second kappa shape index (κ2) is 11.4. The van der Waals surface area contributed by atoms with Crippen LogP contribution in [0.5, 0.6) is 0 Å². The van der Waals surface area contributed by atoms with Crippen LogP contribution >= 0.6 is 0 Å². The molecule has 1 aliphatic rings. The number of aryl methyl sites for hydroxylation is 1. The van der Waals surface area contributed by atoms with E-state index in [0.29, 0.717) is 22.6 Å². The number of carbonyl (C=O) groups is 2. The second-order valence-electron chi connectivity index (χ2n) is 9.87. The Morgan fingerprint density at radius 3 is 1.74 bits per heavy atom. The maximum absolute atomic E-state index is 12.7. The van der Waals surface area contributed by atoms with Crippen LogP contribution < -0.4 is 20.9 Å². The summed E-state index contributed by atoms with van der Waals surface area (Å²) in [5, 5.41) is 18.9. The standard InChI is InChI=1S/C31H33N5O3/c1-21-3-16-29(35(21)2)31(39)34-26-12-8-24(9-13-26)32-23-6-10-25(11-7-23)33-30(38)22-4-14-27(15-5-22)36-19-17-28(37)18-20-36/h3-16,28,32,37H,17-20H2,1-2H3,(H,33,38)(H,34,39). The SMILES string of the molecule is Cc1ccc(C(=O)Nc2ccc(Nc3ccc(NC(=O)c4ccc(N5CCC(O)CC5)cc4)cc3)cc2)n1C. The number of nitrogens with zero attached hydrogens (tertiary/aromatic N) is 2. The van der Waals surface area contributed by atoms with Crippen molar-refractivity contribution < 1.29 is 14.7 Å². The van der Waals surface area contributed by atoms with E-state index in [1.54, 1.807) is 0 Å². The van der Waals surface area contributed by atoms with Crippen molar-refractivity contribution in [1.29, 1.82) is 0 Å². The van der Waals surface area contributed by atoms with E-state index in [4.69, 9.17) is 0 Å². The Kier molecular flexibility index (Phi) is 7.65. The number of piperidine rings is 1. The van der Waals surface area contributed by atoms with Crippen LogP contribution in [-0.2, 0) is 7.05 Å². The van der Waals surface area contributed by atoms with Gasteiger partial charge in [0, 0.05) is 59.8 Å². The van der Waals surface area contributed by atoms with Gasteiger partial charge >= 0.3 is 0 Å². The lowest BCUT2D eigenvalue weighted by Crippen LogP contribution is -2.35. The van der Waals surface area contributed by atoms with Crippen molar-refractivity contribution in [3.63, 3.8) is 0 Å². The molecule has 0 spiro atoms. The lowest BCUT2D eigenvalue weighted by Gasteiger charge is -2.31. The van der Waals surface area contributed by atoms with Gasteiger partial charge < -0.3 is 30.5 Å². The van der Waals surface area contributed by atoms with Crippen molar-refractivity contribution in [2.24, 2.45) is 7.05 Å². The fourth-order valence-electron chi connectivity index (χ4n) is 4.63. The largest absolute Gasteiger partial charge is 0.393 e. The van der Waals surface area contributed by atoms with Gasteiger partial charge in [-0.3, -0.25) is 9.59 Å². The van der Waals surface area contributed by atoms with Gasteiger partial charge in [0.25, 0.3) is 11.8 Å². The Morgan fingerprint density at radius 1 is 0.718 bits per heavy atom. The van der Waals surface area contributed by atoms with Gasteiger partial charge in [-0.1, -0.05) is 0 Å². The molecule has 0 aliphatic carbocycles. The van der Waals surface area contributed by atoms with Crippen LogP contribution in [0.4, 0.5) is 28.4 Å². The van der Waals surface area contributed by atoms with Gasteiger partial charge in [0.15, 0.2) is 0 Å². The lowest BCUT2D eigenvalue weighted by molar-refractivity contribution is 0.101. The quantitative estimate of drug-likeness (QED) is 0.255. The first-order valence-corrected chi connectivity index (χ1v) is 13.1. The van der Waals surface area contributed by atoms with E-state index in [0.717, 1.165) is 48.7 Å². The van der Waals surface area contributed by atoms with Crippen molar-refractivity contribution >= 4 is 40.3 Å². The fraction of sp³-hybridized carbons (Fsp3) is 0.226. The normalized spacial score (nSPS) is 13.7. The molecule has 1 aromatic heterocycles. The first-order valence-electron chi connectivity index (χ1n) is 13.1. The molecule has 200 valence electrons. The number of anilines is 5. The highest BCUT2D eigenvalue weighted by molar-refractivity contribution is 6.04. The zero-order valence-corrected chi connectivity index (χ0v) is 22.1. The maximum atomic E-state index is 12.7. The zero-order valence-electron chi connectivity index (χ0n) is 22.1. The van der Waals surface area contributed by atoms with Gasteiger partial charge in [-0.05, 0) is 105 Å². The molecule has 0 saturated carbocycles. The van der Waals surface area contributed by atoms with Crippen molar-refractivity contribution in [1.82, 2.24) is 4.57 Å². The molecule has 0 unspecified atom stereocenters. The van der Waals surface area contributed by atoms with Crippen molar-refractivity contribution in [3.05, 3.63) is 102 Å². The molecule has 8 nitrogen and oxygen atoms in total. The molecule has 2 heterocycles. The third-order valence-corrected chi connectivity index (χ3v) is 7.14. The van der Waals surface area contributed by atoms with Gasteiger partial charge in [-0.15, -0.1) is 0 Å². The first-order chi connectivity index (χ1) is 18.9. The van der Waals surface area contributed by atoms with Crippen LogP contribution in [0.25, 0.3) is 0 Å². The van der Waals surface area contributed by atoms with Crippen LogP contribution in [0.3, 0.4) is 0 Å². The number of hydrogen-bond donors (Lipinski definition) is 4. The second-order valence-corrected chi connectivity index (χ2v) is 9.87. The molecule has 1 saturated heterocycles. The Bertz CT molecular complexity index is 1440. The predicted octanol–water partition coefficient (Wildman–Crippen LogP) is 5.54. The predicted molar refractivity (Wildman–Crippen MR) is 156 cm³/mol. The van der Waals surface area contributed by atoms with Crippen molar-refractivity contribution in [2.45, 2.75) is 25.9 Å². The summed E-state index contributed by atoms with van der Waals surface area (Å²) in [6, 6.07) is 26.3. The van der Waals surface area contributed by atoms with E-state index in [1.807, 2.05) is 103 Å². The number of aliphatic hydroxyl groups excluding tert-OH is 1. The molecule has 4 aromatic rings. The van der Waals surface area contributed by atoms with Gasteiger partial charge in [0.05, 0.1) is 6.10 Å². The Hall–Kier alpha value is -4.56. The molecule has 39 heavy (non-hydrogen) atoms. The maximum Gasteiger partial charge on any atom is 0.272 e. The number of benzene rings is 3. The third kappa shape index (κ3) is 6.30. The number of amides is 2. The van der Waals surface area contributed by atoms with Crippen molar-refractivity contribution in [2.75, 3.05) is 33.9 Å². The van der Waals surface area contributed by atoms with E-state index >= 15 is 0 Å². The number of rotatable bonds is 7. The Morgan fingerprint density at radius 2 is 1.23 bits per heavy atom. The van der Waals surface area contributed by atoms with Gasteiger partial charge in [-0.2, -0.15) is 0 Å². The minimum Gasteiger partial charge on any atom is -0.393 e. The molecular formula is C31H33N5O3. The average Bonchev–Trinajstić information content (AvgIpc) is 3.29. The molecule has 1 aliphatic heterocycles. The number of aromatic nitrogens is 1. The highest BCUT2D eigenvalue weighted by atomic mass is 16.3. The zero-order chi connectivity index (χ0) is 27.4. The van der Waals surface area contributed by atoms with Crippen LogP contribution in [0, 0.1) is 6.92 Å². The van der Waals surface area contributed by atoms with Crippen molar-refractivity contribution in [3.8, 4) is 0 Å². The number of aliphatic hydroxyl groups is 1. The molecule has 5 rings (SSSR count). The molecule has 3 aromatic carbocycles. The molecule has 0 radical (unpaired) electrons. The fourth-order valence-corrected chi connectivity index (χ4v) is 4.63. The summed E-state index contributed by atoms with van der Waals surface area (Å²) in [5.74, 6) is -0.318. The topological polar surface area (TPSA) is 98.6 Å². The minimum atomic E-state index is -0.211. The molecule has 1 fully saturated rings. The smallest absolute Gasteiger partial charge is 0.272 e. The summed E-state index contributed by atoms with van der Waals surface area (Å²) < 4.78 is 1.86. The van der Waals surface area contributed by atoms with E-state index in [9.17, 15) is 14.7 Å². The summed E-state index contributed by atoms with van der Waals surface area (Å²) >= 11 is 0. The van der Waals surface area contributed by atoms with Gasteiger partial charge in [-0.25, -0.2) is 0 Å². The Labute approximate surface area is 228 Å². The summed E-state index contributed by atoms with van der Waals surface area (Å²) in [6.45, 7) is 3.60. The molecule has 4 N–H and O–H groups in total. The van der Waals surface area contributed by atoms with Crippen LogP contribution in [0.2, 0.25) is 0 Å². The molecule has 2 amide bonds. The van der Waals surface area contributed by atoms with E-state index < -0.39 is 0 Å². The molecular weight excluding hydrogens is 490 g/mol. The highest BCUT2D eigenvalue weighted by Crippen LogP contribution is 2.23. The number of hydrogen-bond acceptors (Lipinski definition) is 5. The molecule has 8 heteroatoms. The Balaban J connectivity index is 1.13. The lowest BCUT2D eigenvalue weighted by atomic mass is 10.1. The molecule has 0 bridgehead atoms. The number of carbonyl (C=O) groups excluding carboxylic acids is 2. The first kappa shape index (κ1) is 26.1. The monoisotopic (exact) mass is 523 g/mol. The van der Waals surface area contributed by atoms with Gasteiger partial charge in [0.1, 0.15) is 5.69 Å². The van der Waals surface area contributed by atoms with Gasteiger partial charge in [0.2, 0.25) is 0 Å². The summed E-state index contributed by atoms with van der Waals surface area (Å²) in [5.41, 5.74) is 6.46. The van der Waals surface area contributed by atoms with E-state index in [-0.39, 0.29) is 17.9 Å². The van der Waals surface area contributed by atoms with Crippen LogP contribution in [-0.4, -0.2) is 40.7 Å². The van der Waals surface area contributed by atoms with Crippen LogP contribution in [0.15, 0.2) is 84.9 Å². The third-order valence-electron chi connectivity index (χ3n) is 7.14. The van der Waals surface area contributed by atoms with E-state index in [2.05, 4.69) is 20.9 Å². The molecule has 0 atom stereocenters.